The standard InChI is InChI=1S/C21H24N2O5S/c1-29(26,27)22-18-5-2-15(3-6-18)16-4-7-19-17(14-16)8-9-21(28-19)10-12-23(13-11-21)20(24)25/h2-7,14,22H,8-13H2,1H3,(H,24,25). The summed E-state index contributed by atoms with van der Waals surface area (Å²) in [6, 6.07) is 13.4. The smallest absolute Gasteiger partial charge is 0.407 e. The number of anilines is 1. The van der Waals surface area contributed by atoms with Crippen molar-refractivity contribution < 1.29 is 23.1 Å². The van der Waals surface area contributed by atoms with Gasteiger partial charge in [-0.25, -0.2) is 13.2 Å². The van der Waals surface area contributed by atoms with Crippen LogP contribution < -0.4 is 9.46 Å². The molecular formula is C21H24N2O5S. The second kappa shape index (κ2) is 7.26. The third-order valence-corrected chi connectivity index (χ3v) is 6.31. The minimum Gasteiger partial charge on any atom is -0.487 e. The molecule has 0 atom stereocenters. The van der Waals surface area contributed by atoms with Crippen molar-refractivity contribution in [2.75, 3.05) is 24.1 Å². The molecule has 2 aliphatic heterocycles. The fourth-order valence-electron chi connectivity index (χ4n) is 4.10. The Balaban J connectivity index is 1.49. The van der Waals surface area contributed by atoms with Gasteiger partial charge in [0.2, 0.25) is 10.0 Å². The van der Waals surface area contributed by atoms with Gasteiger partial charge in [0.25, 0.3) is 0 Å². The Morgan fingerprint density at radius 1 is 1.07 bits per heavy atom. The molecule has 2 N–H and O–H groups in total. The third kappa shape index (κ3) is 4.32. The first-order chi connectivity index (χ1) is 13.7. The van der Waals surface area contributed by atoms with E-state index >= 15 is 0 Å². The lowest BCUT2D eigenvalue weighted by molar-refractivity contribution is -0.0103. The SMILES string of the molecule is CS(=O)(=O)Nc1ccc(-c2ccc3c(c2)CCC2(CCN(C(=O)O)CC2)O3)cc1. The highest BCUT2D eigenvalue weighted by atomic mass is 32.2. The largest absolute Gasteiger partial charge is 0.487 e. The lowest BCUT2D eigenvalue weighted by Gasteiger charge is -2.44. The summed E-state index contributed by atoms with van der Waals surface area (Å²) in [7, 11) is -3.29. The Labute approximate surface area is 170 Å². The highest BCUT2D eigenvalue weighted by Crippen LogP contribution is 2.40. The highest BCUT2D eigenvalue weighted by molar-refractivity contribution is 7.92. The molecule has 2 aromatic carbocycles. The van der Waals surface area contributed by atoms with Gasteiger partial charge in [-0.2, -0.15) is 0 Å². The quantitative estimate of drug-likeness (QED) is 0.798. The molecular weight excluding hydrogens is 392 g/mol. The number of amides is 1. The predicted octanol–water partition coefficient (Wildman–Crippen LogP) is 3.56. The van der Waals surface area contributed by atoms with Gasteiger partial charge < -0.3 is 14.7 Å². The molecule has 1 spiro atoms. The number of carbonyl (C=O) groups is 1. The van der Waals surface area contributed by atoms with Crippen molar-refractivity contribution in [3.63, 3.8) is 0 Å². The molecule has 29 heavy (non-hydrogen) atoms. The van der Waals surface area contributed by atoms with Crippen LogP contribution in [0.5, 0.6) is 5.75 Å². The van der Waals surface area contributed by atoms with Gasteiger partial charge in [0.15, 0.2) is 0 Å². The number of hydrogen-bond acceptors (Lipinski definition) is 4. The molecule has 2 heterocycles. The minimum absolute atomic E-state index is 0.264. The van der Waals surface area contributed by atoms with Crippen LogP contribution in [0.25, 0.3) is 11.1 Å². The average molecular weight is 416 g/mol. The molecule has 0 unspecified atom stereocenters. The Morgan fingerprint density at radius 3 is 2.34 bits per heavy atom. The van der Waals surface area contributed by atoms with E-state index in [1.54, 1.807) is 12.1 Å². The van der Waals surface area contributed by atoms with Gasteiger partial charge in [-0.1, -0.05) is 18.2 Å². The van der Waals surface area contributed by atoms with Gasteiger partial charge in [0.1, 0.15) is 11.4 Å². The Bertz CT molecular complexity index is 1030. The third-order valence-electron chi connectivity index (χ3n) is 5.70. The Hall–Kier alpha value is -2.74. The van der Waals surface area contributed by atoms with Crippen molar-refractivity contribution in [1.29, 1.82) is 0 Å². The molecule has 1 amide bonds. The highest BCUT2D eigenvalue weighted by Gasteiger charge is 2.40. The second-order valence-electron chi connectivity index (χ2n) is 7.83. The molecule has 0 bridgehead atoms. The van der Waals surface area contributed by atoms with Crippen molar-refractivity contribution >= 4 is 21.8 Å². The van der Waals surface area contributed by atoms with Crippen LogP contribution in [0.1, 0.15) is 24.8 Å². The molecule has 8 heteroatoms. The second-order valence-corrected chi connectivity index (χ2v) is 9.58. The zero-order chi connectivity index (χ0) is 20.6. The molecule has 2 aromatic rings. The molecule has 0 aliphatic carbocycles. The number of fused-ring (bicyclic) bond motifs is 1. The van der Waals surface area contributed by atoms with Crippen molar-refractivity contribution in [2.24, 2.45) is 0 Å². The number of rotatable bonds is 3. The molecule has 7 nitrogen and oxygen atoms in total. The van der Waals surface area contributed by atoms with E-state index in [-0.39, 0.29) is 5.60 Å². The molecule has 4 rings (SSSR count). The lowest BCUT2D eigenvalue weighted by Crippen LogP contribution is -2.50. The molecule has 0 saturated carbocycles. The molecule has 0 aromatic heterocycles. The van der Waals surface area contributed by atoms with Crippen molar-refractivity contribution in [1.82, 2.24) is 4.90 Å². The maximum atomic E-state index is 11.3. The maximum absolute atomic E-state index is 11.3. The summed E-state index contributed by atoms with van der Waals surface area (Å²) in [6.45, 7) is 1.02. The van der Waals surface area contributed by atoms with Crippen LogP contribution in [0.15, 0.2) is 42.5 Å². The zero-order valence-electron chi connectivity index (χ0n) is 16.2. The maximum Gasteiger partial charge on any atom is 0.407 e. The molecule has 154 valence electrons. The number of nitrogens with zero attached hydrogens (tertiary/aromatic N) is 1. The zero-order valence-corrected chi connectivity index (χ0v) is 17.0. The van der Waals surface area contributed by atoms with Gasteiger partial charge in [0, 0.05) is 31.6 Å². The number of piperidine rings is 1. The summed E-state index contributed by atoms with van der Waals surface area (Å²) in [5.41, 5.74) is 3.47. The van der Waals surface area contributed by atoms with Crippen molar-refractivity contribution in [3.05, 3.63) is 48.0 Å². The first-order valence-electron chi connectivity index (χ1n) is 9.61. The monoisotopic (exact) mass is 416 g/mol. The van der Waals surface area contributed by atoms with Gasteiger partial charge in [-0.15, -0.1) is 0 Å². The number of nitrogens with one attached hydrogen (secondary N) is 1. The number of sulfonamides is 1. The number of aryl methyl sites for hydroxylation is 1. The Morgan fingerprint density at radius 2 is 1.72 bits per heavy atom. The fourth-order valence-corrected chi connectivity index (χ4v) is 4.67. The van der Waals surface area contributed by atoms with Crippen LogP contribution in [0.3, 0.4) is 0 Å². The summed E-state index contributed by atoms with van der Waals surface area (Å²) in [5.74, 6) is 0.874. The number of hydrogen-bond donors (Lipinski definition) is 2. The van der Waals surface area contributed by atoms with E-state index in [0.29, 0.717) is 18.8 Å². The van der Waals surface area contributed by atoms with Crippen LogP contribution in [-0.4, -0.2) is 49.5 Å². The molecule has 2 aliphatic rings. The van der Waals surface area contributed by atoms with Crippen LogP contribution in [0, 0.1) is 0 Å². The van der Waals surface area contributed by atoms with Crippen molar-refractivity contribution in [3.8, 4) is 16.9 Å². The van der Waals surface area contributed by atoms with E-state index in [4.69, 9.17) is 9.84 Å². The van der Waals surface area contributed by atoms with E-state index in [2.05, 4.69) is 10.8 Å². The van der Waals surface area contributed by atoms with Crippen molar-refractivity contribution in [2.45, 2.75) is 31.3 Å². The van der Waals surface area contributed by atoms with Crippen LogP contribution >= 0.6 is 0 Å². The lowest BCUT2D eigenvalue weighted by atomic mass is 9.82. The van der Waals surface area contributed by atoms with E-state index in [1.807, 2.05) is 24.3 Å². The Kier molecular flexibility index (Phi) is 4.90. The van der Waals surface area contributed by atoms with E-state index in [9.17, 15) is 13.2 Å². The van der Waals surface area contributed by atoms with Gasteiger partial charge >= 0.3 is 6.09 Å². The summed E-state index contributed by atoms with van der Waals surface area (Å²) in [6.07, 6.45) is 3.48. The summed E-state index contributed by atoms with van der Waals surface area (Å²) < 4.78 is 31.5. The fraction of sp³-hybridized carbons (Fsp3) is 0.381. The minimum atomic E-state index is -3.29. The normalized spacial score (nSPS) is 18.0. The van der Waals surface area contributed by atoms with E-state index < -0.39 is 16.1 Å². The number of carboxylic acid groups (broad SMARTS) is 1. The van der Waals surface area contributed by atoms with E-state index in [1.165, 1.54) is 4.90 Å². The molecule has 1 saturated heterocycles. The molecule has 1 fully saturated rings. The van der Waals surface area contributed by atoms with Crippen LogP contribution in [0.4, 0.5) is 10.5 Å². The van der Waals surface area contributed by atoms with E-state index in [0.717, 1.165) is 54.4 Å². The summed E-state index contributed by atoms with van der Waals surface area (Å²) >= 11 is 0. The predicted molar refractivity (Wildman–Crippen MR) is 111 cm³/mol. The van der Waals surface area contributed by atoms with Crippen LogP contribution in [-0.2, 0) is 16.4 Å². The van der Waals surface area contributed by atoms with Gasteiger partial charge in [0.05, 0.1) is 6.26 Å². The van der Waals surface area contributed by atoms with Gasteiger partial charge in [-0.05, 0) is 53.8 Å². The number of benzene rings is 2. The number of likely N-dealkylation sites (tertiary alicyclic amines) is 1. The first kappa shape index (κ1) is 19.6. The summed E-state index contributed by atoms with van der Waals surface area (Å²) in [5, 5.41) is 9.15. The number of ether oxygens (including phenoxy) is 1. The van der Waals surface area contributed by atoms with Crippen LogP contribution in [0.2, 0.25) is 0 Å². The first-order valence-corrected chi connectivity index (χ1v) is 11.5. The topological polar surface area (TPSA) is 95.9 Å². The summed E-state index contributed by atoms with van der Waals surface area (Å²) in [4.78, 5) is 12.6. The molecule has 0 radical (unpaired) electrons. The average Bonchev–Trinajstić information content (AvgIpc) is 2.67. The van der Waals surface area contributed by atoms with Gasteiger partial charge in [-0.3, -0.25) is 4.72 Å².